The average molecular weight is 302 g/mol. The quantitative estimate of drug-likeness (QED) is 0.896. The lowest BCUT2D eigenvalue weighted by Crippen LogP contribution is -2.08. The van der Waals surface area contributed by atoms with Gasteiger partial charge >= 0.3 is 5.97 Å². The summed E-state index contributed by atoms with van der Waals surface area (Å²) in [6.07, 6.45) is 1.17. The standard InChI is InChI=1S/C12H13BrFNO2/c1-6-4-7(6)5-15-9-3-2-8(12(16)17)10(13)11(9)14/h2-3,6-7,15H,4-5H2,1H3,(H,16,17). The zero-order valence-corrected chi connectivity index (χ0v) is 10.9. The van der Waals surface area contributed by atoms with E-state index in [9.17, 15) is 9.18 Å². The maximum absolute atomic E-state index is 13.8. The van der Waals surface area contributed by atoms with E-state index in [0.717, 1.165) is 6.54 Å². The highest BCUT2D eigenvalue weighted by atomic mass is 79.9. The first-order chi connectivity index (χ1) is 8.00. The van der Waals surface area contributed by atoms with Crippen LogP contribution in [-0.4, -0.2) is 17.6 Å². The van der Waals surface area contributed by atoms with E-state index in [1.165, 1.54) is 18.6 Å². The second-order valence-corrected chi connectivity index (χ2v) is 5.24. The molecule has 0 spiro atoms. The van der Waals surface area contributed by atoms with Gasteiger partial charge in [-0.2, -0.15) is 0 Å². The summed E-state index contributed by atoms with van der Waals surface area (Å²) in [5.74, 6) is -0.379. The maximum atomic E-state index is 13.8. The van der Waals surface area contributed by atoms with Crippen LogP contribution in [0.5, 0.6) is 0 Å². The summed E-state index contributed by atoms with van der Waals surface area (Å²) in [6.45, 7) is 2.89. The molecule has 0 saturated heterocycles. The minimum Gasteiger partial charge on any atom is -0.478 e. The average Bonchev–Trinajstić information content (AvgIpc) is 2.96. The molecule has 1 aliphatic rings. The number of halogens is 2. The summed E-state index contributed by atoms with van der Waals surface area (Å²) in [5.41, 5.74) is 0.286. The monoisotopic (exact) mass is 301 g/mol. The van der Waals surface area contributed by atoms with Crippen LogP contribution < -0.4 is 5.32 Å². The van der Waals surface area contributed by atoms with E-state index in [4.69, 9.17) is 5.11 Å². The number of hydrogen-bond donors (Lipinski definition) is 2. The third-order valence-corrected chi connectivity index (χ3v) is 3.92. The van der Waals surface area contributed by atoms with Crippen molar-refractivity contribution in [2.45, 2.75) is 13.3 Å². The number of rotatable bonds is 4. The summed E-state index contributed by atoms with van der Waals surface area (Å²) in [4.78, 5) is 10.8. The van der Waals surface area contributed by atoms with Gasteiger partial charge in [-0.25, -0.2) is 9.18 Å². The SMILES string of the molecule is CC1CC1CNc1ccc(C(=O)O)c(Br)c1F. The zero-order chi connectivity index (χ0) is 12.6. The zero-order valence-electron chi connectivity index (χ0n) is 9.34. The minimum absolute atomic E-state index is 0.00107. The van der Waals surface area contributed by atoms with E-state index in [0.29, 0.717) is 17.5 Å². The Balaban J connectivity index is 2.13. The van der Waals surface area contributed by atoms with E-state index < -0.39 is 11.8 Å². The second-order valence-electron chi connectivity index (χ2n) is 4.45. The van der Waals surface area contributed by atoms with Crippen LogP contribution in [0.4, 0.5) is 10.1 Å². The van der Waals surface area contributed by atoms with Gasteiger partial charge in [0.1, 0.15) is 0 Å². The summed E-state index contributed by atoms with van der Waals surface area (Å²) >= 11 is 2.97. The van der Waals surface area contributed by atoms with Gasteiger partial charge in [-0.15, -0.1) is 0 Å². The molecule has 2 N–H and O–H groups in total. The second kappa shape index (κ2) is 4.64. The molecule has 92 valence electrons. The van der Waals surface area contributed by atoms with Crippen molar-refractivity contribution in [2.24, 2.45) is 11.8 Å². The fourth-order valence-electron chi connectivity index (χ4n) is 1.78. The van der Waals surface area contributed by atoms with Crippen LogP contribution in [0.2, 0.25) is 0 Å². The molecule has 0 radical (unpaired) electrons. The van der Waals surface area contributed by atoms with E-state index in [2.05, 4.69) is 28.2 Å². The maximum Gasteiger partial charge on any atom is 0.336 e. The molecule has 0 amide bonds. The number of carboxylic acids is 1. The van der Waals surface area contributed by atoms with Crippen LogP contribution in [0.1, 0.15) is 23.7 Å². The first kappa shape index (κ1) is 12.4. The predicted molar refractivity (Wildman–Crippen MR) is 66.8 cm³/mol. The van der Waals surface area contributed by atoms with Crippen molar-refractivity contribution in [1.82, 2.24) is 0 Å². The first-order valence-electron chi connectivity index (χ1n) is 5.46. The third kappa shape index (κ3) is 2.60. The number of carbonyl (C=O) groups is 1. The summed E-state index contributed by atoms with van der Waals surface area (Å²) in [7, 11) is 0. The summed E-state index contributed by atoms with van der Waals surface area (Å²) < 4.78 is 13.8. The number of benzene rings is 1. The van der Waals surface area contributed by atoms with Crippen LogP contribution in [0.25, 0.3) is 0 Å². The van der Waals surface area contributed by atoms with E-state index in [1.54, 1.807) is 0 Å². The Morgan fingerprint density at radius 2 is 2.29 bits per heavy atom. The van der Waals surface area contributed by atoms with E-state index in [1.807, 2.05) is 0 Å². The Bertz CT molecular complexity index is 464. The molecule has 1 aromatic carbocycles. The smallest absolute Gasteiger partial charge is 0.336 e. The molecule has 5 heteroatoms. The highest BCUT2D eigenvalue weighted by Crippen LogP contribution is 2.38. The van der Waals surface area contributed by atoms with Crippen molar-refractivity contribution in [3.05, 3.63) is 28.0 Å². The van der Waals surface area contributed by atoms with Crippen molar-refractivity contribution >= 4 is 27.6 Å². The number of carboxylic acid groups (broad SMARTS) is 1. The molecule has 0 bridgehead atoms. The number of hydrogen-bond acceptors (Lipinski definition) is 2. The lowest BCUT2D eigenvalue weighted by Gasteiger charge is -2.09. The Hall–Kier alpha value is -1.10. The Labute approximate surface area is 107 Å². The molecule has 1 saturated carbocycles. The predicted octanol–water partition coefficient (Wildman–Crippen LogP) is 3.35. The summed E-state index contributed by atoms with van der Waals surface area (Å²) in [5, 5.41) is 11.8. The fourth-order valence-corrected chi connectivity index (χ4v) is 2.29. The van der Waals surface area contributed by atoms with Crippen LogP contribution in [0.15, 0.2) is 16.6 Å². The van der Waals surface area contributed by atoms with Crippen LogP contribution in [0, 0.1) is 17.7 Å². The van der Waals surface area contributed by atoms with Crippen LogP contribution >= 0.6 is 15.9 Å². The fraction of sp³-hybridized carbons (Fsp3) is 0.417. The largest absolute Gasteiger partial charge is 0.478 e. The van der Waals surface area contributed by atoms with Gasteiger partial charge in [0.25, 0.3) is 0 Å². The van der Waals surface area contributed by atoms with Gasteiger partial charge in [0.15, 0.2) is 5.82 Å². The Morgan fingerprint density at radius 3 is 2.82 bits per heavy atom. The molecule has 2 atom stereocenters. The molecule has 1 fully saturated rings. The molecule has 0 aliphatic heterocycles. The van der Waals surface area contributed by atoms with Gasteiger partial charge in [0.2, 0.25) is 0 Å². The Morgan fingerprint density at radius 1 is 1.65 bits per heavy atom. The van der Waals surface area contributed by atoms with Crippen molar-refractivity contribution in [3.63, 3.8) is 0 Å². The van der Waals surface area contributed by atoms with E-state index >= 15 is 0 Å². The molecule has 2 unspecified atom stereocenters. The van der Waals surface area contributed by atoms with E-state index in [-0.39, 0.29) is 10.0 Å². The molecule has 3 nitrogen and oxygen atoms in total. The van der Waals surface area contributed by atoms with Gasteiger partial charge in [-0.1, -0.05) is 6.92 Å². The molecule has 0 heterocycles. The van der Waals surface area contributed by atoms with Crippen molar-refractivity contribution in [1.29, 1.82) is 0 Å². The molecule has 0 aromatic heterocycles. The van der Waals surface area contributed by atoms with Gasteiger partial charge in [0.05, 0.1) is 15.7 Å². The third-order valence-electron chi connectivity index (χ3n) is 3.14. The number of aromatic carboxylic acids is 1. The highest BCUT2D eigenvalue weighted by molar-refractivity contribution is 9.10. The Kier molecular flexibility index (Phi) is 3.38. The molecule has 1 aromatic rings. The molecule has 1 aliphatic carbocycles. The van der Waals surface area contributed by atoms with Crippen LogP contribution in [-0.2, 0) is 0 Å². The highest BCUT2D eigenvalue weighted by Gasteiger charge is 2.32. The minimum atomic E-state index is -1.14. The molecule has 17 heavy (non-hydrogen) atoms. The van der Waals surface area contributed by atoms with Gasteiger partial charge in [0, 0.05) is 6.54 Å². The normalized spacial score (nSPS) is 22.3. The van der Waals surface area contributed by atoms with Crippen molar-refractivity contribution in [3.8, 4) is 0 Å². The lowest BCUT2D eigenvalue weighted by atomic mass is 10.2. The topological polar surface area (TPSA) is 49.3 Å². The number of anilines is 1. The number of nitrogens with one attached hydrogen (secondary N) is 1. The van der Waals surface area contributed by atoms with Crippen molar-refractivity contribution in [2.75, 3.05) is 11.9 Å². The molecular formula is C12H13BrFNO2. The summed E-state index contributed by atoms with van der Waals surface area (Å²) in [6, 6.07) is 2.87. The van der Waals surface area contributed by atoms with Gasteiger partial charge < -0.3 is 10.4 Å². The molecule has 2 rings (SSSR count). The van der Waals surface area contributed by atoms with Gasteiger partial charge in [-0.05, 0) is 46.3 Å². The first-order valence-corrected chi connectivity index (χ1v) is 6.25. The molecular weight excluding hydrogens is 289 g/mol. The van der Waals surface area contributed by atoms with Gasteiger partial charge in [-0.3, -0.25) is 0 Å². The van der Waals surface area contributed by atoms with Crippen molar-refractivity contribution < 1.29 is 14.3 Å². The lowest BCUT2D eigenvalue weighted by molar-refractivity contribution is 0.0695. The van der Waals surface area contributed by atoms with Crippen LogP contribution in [0.3, 0.4) is 0 Å².